The number of hydrogen-bond donors (Lipinski definition) is 2. The van der Waals surface area contributed by atoms with E-state index in [0.717, 1.165) is 5.92 Å². The van der Waals surface area contributed by atoms with Crippen molar-refractivity contribution in [1.82, 2.24) is 5.32 Å². The second-order valence-electron chi connectivity index (χ2n) is 4.95. The van der Waals surface area contributed by atoms with E-state index in [1.54, 1.807) is 0 Å². The van der Waals surface area contributed by atoms with Gasteiger partial charge in [-0.2, -0.15) is 0 Å². The molecule has 1 aromatic heterocycles. The molecule has 0 aromatic carbocycles. The average Bonchev–Trinajstić information content (AvgIpc) is 2.99. The Morgan fingerprint density at radius 2 is 2.25 bits per heavy atom. The number of aliphatic hydroxyl groups excluding tert-OH is 1. The largest absolute Gasteiger partial charge is 0.396 e. The van der Waals surface area contributed by atoms with E-state index in [4.69, 9.17) is 5.11 Å². The van der Waals surface area contributed by atoms with E-state index in [2.05, 4.69) is 36.7 Å². The topological polar surface area (TPSA) is 32.3 Å². The zero-order chi connectivity index (χ0) is 11.5. The van der Waals surface area contributed by atoms with Gasteiger partial charge in [0.2, 0.25) is 0 Å². The summed E-state index contributed by atoms with van der Waals surface area (Å²) < 4.78 is 0. The monoisotopic (exact) mass is 239 g/mol. The van der Waals surface area contributed by atoms with Crippen LogP contribution in [0.3, 0.4) is 0 Å². The van der Waals surface area contributed by atoms with Gasteiger partial charge < -0.3 is 10.4 Å². The summed E-state index contributed by atoms with van der Waals surface area (Å²) in [6, 6.07) is 5.22. The molecule has 90 valence electrons. The van der Waals surface area contributed by atoms with Crippen LogP contribution in [0.4, 0.5) is 0 Å². The fourth-order valence-electron chi connectivity index (χ4n) is 1.95. The van der Waals surface area contributed by atoms with Gasteiger partial charge in [0.1, 0.15) is 0 Å². The van der Waals surface area contributed by atoms with Gasteiger partial charge in [-0.25, -0.2) is 0 Å². The third-order valence-corrected chi connectivity index (χ3v) is 4.48. The van der Waals surface area contributed by atoms with Gasteiger partial charge >= 0.3 is 0 Å². The first kappa shape index (κ1) is 12.1. The fourth-order valence-corrected chi connectivity index (χ4v) is 2.83. The summed E-state index contributed by atoms with van der Waals surface area (Å²) in [4.78, 5) is 1.44. The Labute approximate surface area is 102 Å². The number of nitrogens with one attached hydrogen (secondary N) is 1. The number of thiophene rings is 1. The Morgan fingerprint density at radius 1 is 1.50 bits per heavy atom. The molecule has 0 spiro atoms. The molecule has 1 saturated carbocycles. The quantitative estimate of drug-likeness (QED) is 0.800. The molecular formula is C13H21NOS. The molecule has 0 saturated heterocycles. The van der Waals surface area contributed by atoms with Crippen molar-refractivity contribution in [3.8, 4) is 0 Å². The normalized spacial score (nSPS) is 21.7. The van der Waals surface area contributed by atoms with Crippen molar-refractivity contribution in [2.75, 3.05) is 6.61 Å². The van der Waals surface area contributed by atoms with Crippen LogP contribution in [-0.4, -0.2) is 17.8 Å². The molecule has 1 aromatic rings. The predicted molar refractivity (Wildman–Crippen MR) is 68.6 cm³/mol. The van der Waals surface area contributed by atoms with Crippen LogP contribution in [0, 0.1) is 11.8 Å². The molecule has 0 radical (unpaired) electrons. The highest BCUT2D eigenvalue weighted by molar-refractivity contribution is 7.10. The maximum absolute atomic E-state index is 9.17. The van der Waals surface area contributed by atoms with Crippen LogP contribution >= 0.6 is 11.3 Å². The van der Waals surface area contributed by atoms with Crippen LogP contribution in [0.5, 0.6) is 0 Å². The second kappa shape index (κ2) is 5.30. The molecule has 1 heterocycles. The number of aliphatic hydroxyl groups is 1. The lowest BCUT2D eigenvalue weighted by Gasteiger charge is -2.26. The van der Waals surface area contributed by atoms with Gasteiger partial charge in [-0.05, 0) is 43.0 Å². The smallest absolute Gasteiger partial charge is 0.0471 e. The first-order valence-electron chi connectivity index (χ1n) is 6.12. The molecule has 3 heteroatoms. The van der Waals surface area contributed by atoms with Crippen molar-refractivity contribution in [2.45, 2.75) is 38.8 Å². The molecule has 1 aliphatic carbocycles. The Morgan fingerprint density at radius 3 is 2.75 bits per heavy atom. The highest BCUT2D eigenvalue weighted by Gasteiger charge is 2.34. The van der Waals surface area contributed by atoms with Gasteiger partial charge in [0.25, 0.3) is 0 Å². The van der Waals surface area contributed by atoms with Crippen LogP contribution in [-0.2, 0) is 0 Å². The first-order valence-corrected chi connectivity index (χ1v) is 7.00. The van der Waals surface area contributed by atoms with Gasteiger partial charge in [-0.15, -0.1) is 11.3 Å². The van der Waals surface area contributed by atoms with Gasteiger partial charge in [-0.3, -0.25) is 0 Å². The molecule has 3 atom stereocenters. The van der Waals surface area contributed by atoms with E-state index >= 15 is 0 Å². The Hall–Kier alpha value is -0.380. The lowest BCUT2D eigenvalue weighted by molar-refractivity contribution is 0.198. The molecule has 0 bridgehead atoms. The van der Waals surface area contributed by atoms with Crippen LogP contribution < -0.4 is 5.32 Å². The minimum Gasteiger partial charge on any atom is -0.396 e. The van der Waals surface area contributed by atoms with Crippen LogP contribution in [0.2, 0.25) is 0 Å². The van der Waals surface area contributed by atoms with E-state index in [-0.39, 0.29) is 6.61 Å². The maximum atomic E-state index is 9.17. The Balaban J connectivity index is 1.98. The molecule has 0 aliphatic heterocycles. The summed E-state index contributed by atoms with van der Waals surface area (Å²) in [5.41, 5.74) is 0. The summed E-state index contributed by atoms with van der Waals surface area (Å²) in [6.45, 7) is 4.52. The zero-order valence-corrected chi connectivity index (χ0v) is 10.8. The summed E-state index contributed by atoms with van der Waals surface area (Å²) in [7, 11) is 0. The van der Waals surface area contributed by atoms with Crippen molar-refractivity contribution < 1.29 is 5.11 Å². The lowest BCUT2D eigenvalue weighted by atomic mass is 10.0. The highest BCUT2D eigenvalue weighted by atomic mass is 32.1. The summed E-state index contributed by atoms with van der Waals surface area (Å²) in [5, 5.41) is 15.0. The predicted octanol–water partition coefficient (Wildman–Crippen LogP) is 2.81. The van der Waals surface area contributed by atoms with E-state index in [0.29, 0.717) is 18.0 Å². The standard InChI is InChI=1S/C13H21NOS/c1-9(8-15)10(2)14-13(11-5-6-11)12-4-3-7-16-12/h3-4,7,9-11,13-15H,5-6,8H2,1-2H3. The second-order valence-corrected chi connectivity index (χ2v) is 5.92. The summed E-state index contributed by atoms with van der Waals surface area (Å²) >= 11 is 1.84. The molecule has 1 aliphatic rings. The number of rotatable bonds is 6. The summed E-state index contributed by atoms with van der Waals surface area (Å²) in [5.74, 6) is 1.13. The van der Waals surface area contributed by atoms with Crippen LogP contribution in [0.1, 0.15) is 37.6 Å². The van der Waals surface area contributed by atoms with Crippen LogP contribution in [0.15, 0.2) is 17.5 Å². The maximum Gasteiger partial charge on any atom is 0.0471 e. The molecule has 3 unspecified atom stereocenters. The highest BCUT2D eigenvalue weighted by Crippen LogP contribution is 2.42. The van der Waals surface area contributed by atoms with Crippen molar-refractivity contribution >= 4 is 11.3 Å². The van der Waals surface area contributed by atoms with Crippen LogP contribution in [0.25, 0.3) is 0 Å². The molecule has 2 rings (SSSR count). The number of hydrogen-bond acceptors (Lipinski definition) is 3. The minimum atomic E-state index is 0.260. The molecule has 2 nitrogen and oxygen atoms in total. The van der Waals surface area contributed by atoms with E-state index in [1.165, 1.54) is 17.7 Å². The zero-order valence-electron chi connectivity index (χ0n) is 10.0. The van der Waals surface area contributed by atoms with E-state index < -0.39 is 0 Å². The average molecular weight is 239 g/mol. The Bertz CT molecular complexity index is 308. The van der Waals surface area contributed by atoms with Gasteiger partial charge in [0.05, 0.1) is 0 Å². The van der Waals surface area contributed by atoms with Gasteiger partial charge in [0.15, 0.2) is 0 Å². The first-order chi connectivity index (χ1) is 7.72. The molecule has 0 amide bonds. The summed E-state index contributed by atoms with van der Waals surface area (Å²) in [6.07, 6.45) is 2.69. The van der Waals surface area contributed by atoms with Crippen molar-refractivity contribution in [1.29, 1.82) is 0 Å². The molecule has 1 fully saturated rings. The fraction of sp³-hybridized carbons (Fsp3) is 0.692. The molecular weight excluding hydrogens is 218 g/mol. The van der Waals surface area contributed by atoms with E-state index in [9.17, 15) is 0 Å². The molecule has 16 heavy (non-hydrogen) atoms. The third-order valence-electron chi connectivity index (χ3n) is 3.53. The lowest BCUT2D eigenvalue weighted by Crippen LogP contribution is -2.37. The van der Waals surface area contributed by atoms with Crippen molar-refractivity contribution in [3.63, 3.8) is 0 Å². The SMILES string of the molecule is CC(CO)C(C)NC(c1cccs1)C1CC1. The van der Waals surface area contributed by atoms with Crippen molar-refractivity contribution in [2.24, 2.45) is 11.8 Å². The third kappa shape index (κ3) is 2.84. The van der Waals surface area contributed by atoms with Gasteiger partial charge in [-0.1, -0.05) is 13.0 Å². The Kier molecular flexibility index (Phi) is 4.00. The van der Waals surface area contributed by atoms with E-state index in [1.807, 2.05) is 11.3 Å². The van der Waals surface area contributed by atoms with Crippen molar-refractivity contribution in [3.05, 3.63) is 22.4 Å². The van der Waals surface area contributed by atoms with Gasteiger partial charge in [0, 0.05) is 23.6 Å². The molecule has 2 N–H and O–H groups in total. The minimum absolute atomic E-state index is 0.260.